The van der Waals surface area contributed by atoms with Crippen molar-refractivity contribution >= 4 is 11.7 Å². The molecule has 0 radical (unpaired) electrons. The molecule has 2 aliphatic rings. The molecule has 0 spiro atoms. The van der Waals surface area contributed by atoms with Crippen molar-refractivity contribution in [1.82, 2.24) is 30.3 Å². The van der Waals surface area contributed by atoms with Gasteiger partial charge in [-0.25, -0.2) is 15.4 Å². The smallest absolute Gasteiger partial charge is 0.241 e. The molecule has 2 aliphatic heterocycles. The molecule has 2 unspecified atom stereocenters. The zero-order valence-corrected chi connectivity index (χ0v) is 16.6. The van der Waals surface area contributed by atoms with Crippen LogP contribution in [-0.2, 0) is 11.3 Å². The van der Waals surface area contributed by atoms with Crippen molar-refractivity contribution in [2.75, 3.05) is 31.1 Å². The molecule has 0 bridgehead atoms. The molecule has 4 heterocycles. The summed E-state index contributed by atoms with van der Waals surface area (Å²) < 4.78 is 2.18. The monoisotopic (exact) mass is 383 g/mol. The number of aromatic nitrogens is 3. The van der Waals surface area contributed by atoms with Gasteiger partial charge in [0.1, 0.15) is 17.7 Å². The van der Waals surface area contributed by atoms with E-state index in [1.165, 1.54) is 0 Å². The molecule has 2 aromatic heterocycles. The normalized spacial score (nSPS) is 22.8. The summed E-state index contributed by atoms with van der Waals surface area (Å²) in [6.45, 7) is 8.22. The molecule has 2 aromatic rings. The maximum absolute atomic E-state index is 12.9. The number of hydrogen-bond acceptors (Lipinski definition) is 6. The first-order chi connectivity index (χ1) is 13.6. The van der Waals surface area contributed by atoms with Crippen LogP contribution in [0.15, 0.2) is 36.8 Å². The second kappa shape index (κ2) is 8.28. The molecule has 8 heteroatoms. The Labute approximate surface area is 165 Å². The lowest BCUT2D eigenvalue weighted by atomic mass is 10.1. The van der Waals surface area contributed by atoms with Crippen LogP contribution in [0.5, 0.6) is 0 Å². The fourth-order valence-electron chi connectivity index (χ4n) is 4.03. The lowest BCUT2D eigenvalue weighted by Crippen LogP contribution is -2.53. The number of anilines is 1. The Balaban J connectivity index is 1.29. The summed E-state index contributed by atoms with van der Waals surface area (Å²) in [5.41, 5.74) is 6.51. The average Bonchev–Trinajstić information content (AvgIpc) is 3.38. The summed E-state index contributed by atoms with van der Waals surface area (Å²) in [6.07, 6.45) is 6.46. The minimum Gasteiger partial charge on any atom is -0.353 e. The first-order valence-electron chi connectivity index (χ1n) is 10.1. The van der Waals surface area contributed by atoms with E-state index in [-0.39, 0.29) is 18.0 Å². The Bertz CT molecular complexity index is 783. The van der Waals surface area contributed by atoms with E-state index in [1.807, 2.05) is 41.7 Å². The van der Waals surface area contributed by atoms with Gasteiger partial charge in [-0.05, 0) is 18.6 Å². The van der Waals surface area contributed by atoms with Gasteiger partial charge in [0.15, 0.2) is 0 Å². The van der Waals surface area contributed by atoms with Gasteiger partial charge < -0.3 is 14.4 Å². The molecule has 150 valence electrons. The molecule has 1 amide bonds. The van der Waals surface area contributed by atoms with Crippen LogP contribution in [0.25, 0.3) is 0 Å². The summed E-state index contributed by atoms with van der Waals surface area (Å²) >= 11 is 0. The summed E-state index contributed by atoms with van der Waals surface area (Å²) in [7, 11) is 0. The quantitative estimate of drug-likeness (QED) is 0.802. The second-order valence-corrected chi connectivity index (χ2v) is 7.87. The molecule has 0 aliphatic carbocycles. The molecule has 2 fully saturated rings. The van der Waals surface area contributed by atoms with Gasteiger partial charge in [-0.1, -0.05) is 19.9 Å². The van der Waals surface area contributed by atoms with Crippen LogP contribution in [-0.4, -0.2) is 63.6 Å². The van der Waals surface area contributed by atoms with E-state index in [4.69, 9.17) is 0 Å². The summed E-state index contributed by atoms with van der Waals surface area (Å²) in [5, 5.41) is 0. The molecule has 8 nitrogen and oxygen atoms in total. The van der Waals surface area contributed by atoms with Crippen molar-refractivity contribution < 1.29 is 4.79 Å². The Morgan fingerprint density at radius 2 is 1.96 bits per heavy atom. The van der Waals surface area contributed by atoms with Crippen molar-refractivity contribution in [2.24, 2.45) is 0 Å². The summed E-state index contributed by atoms with van der Waals surface area (Å²) in [5.74, 6) is 2.64. The molecule has 4 rings (SSSR count). The Hall–Kier alpha value is -2.45. The van der Waals surface area contributed by atoms with E-state index in [0.717, 1.165) is 50.8 Å². The number of nitrogens with one attached hydrogen (secondary N) is 2. The van der Waals surface area contributed by atoms with Gasteiger partial charge in [0, 0.05) is 63.3 Å². The van der Waals surface area contributed by atoms with Gasteiger partial charge in [-0.3, -0.25) is 10.2 Å². The van der Waals surface area contributed by atoms with Crippen LogP contribution >= 0.6 is 0 Å². The van der Waals surface area contributed by atoms with Crippen LogP contribution in [0, 0.1) is 0 Å². The first kappa shape index (κ1) is 18.9. The number of hydrogen-bond donors (Lipinski definition) is 2. The zero-order valence-electron chi connectivity index (χ0n) is 16.6. The maximum atomic E-state index is 12.9. The lowest BCUT2D eigenvalue weighted by Gasteiger charge is -2.36. The third kappa shape index (κ3) is 4.02. The van der Waals surface area contributed by atoms with E-state index in [0.29, 0.717) is 5.92 Å². The Kier molecular flexibility index (Phi) is 5.59. The number of imidazole rings is 1. The largest absolute Gasteiger partial charge is 0.353 e. The predicted molar refractivity (Wildman–Crippen MR) is 108 cm³/mol. The van der Waals surface area contributed by atoms with Crippen LogP contribution < -0.4 is 15.8 Å². The molecule has 28 heavy (non-hydrogen) atoms. The first-order valence-corrected chi connectivity index (χ1v) is 10.1. The van der Waals surface area contributed by atoms with E-state index in [1.54, 1.807) is 0 Å². The minimum absolute atomic E-state index is 0.169. The molecule has 0 saturated carbocycles. The van der Waals surface area contributed by atoms with Gasteiger partial charge in [-0.2, -0.15) is 0 Å². The number of piperazine rings is 1. The van der Waals surface area contributed by atoms with Crippen LogP contribution in [0.1, 0.15) is 32.0 Å². The molecular formula is C20H29N7O. The fourth-order valence-corrected chi connectivity index (χ4v) is 4.03. The van der Waals surface area contributed by atoms with Crippen LogP contribution in [0.4, 0.5) is 5.82 Å². The van der Waals surface area contributed by atoms with E-state index >= 15 is 0 Å². The number of nitrogens with zero attached hydrogens (tertiary/aromatic N) is 5. The van der Waals surface area contributed by atoms with Gasteiger partial charge in [0.25, 0.3) is 0 Å². The molecule has 2 N–H and O–H groups in total. The Morgan fingerprint density at radius 1 is 1.14 bits per heavy atom. The third-order valence-corrected chi connectivity index (χ3v) is 5.53. The second-order valence-electron chi connectivity index (χ2n) is 7.87. The number of hydrazine groups is 1. The summed E-state index contributed by atoms with van der Waals surface area (Å²) in [4.78, 5) is 26.0. The highest BCUT2D eigenvalue weighted by molar-refractivity contribution is 5.82. The van der Waals surface area contributed by atoms with E-state index in [2.05, 4.69) is 44.1 Å². The van der Waals surface area contributed by atoms with Gasteiger partial charge in [-0.15, -0.1) is 0 Å². The van der Waals surface area contributed by atoms with Gasteiger partial charge in [0.05, 0.1) is 0 Å². The van der Waals surface area contributed by atoms with Crippen LogP contribution in [0.3, 0.4) is 0 Å². The molecule has 2 atom stereocenters. The zero-order chi connectivity index (χ0) is 19.5. The van der Waals surface area contributed by atoms with Crippen molar-refractivity contribution in [3.63, 3.8) is 0 Å². The SMILES string of the molecule is CC(C)c1nccn1CC1CC(C(=O)N2CCN(c3ccccn3)CC2)NN1. The third-order valence-electron chi connectivity index (χ3n) is 5.53. The van der Waals surface area contributed by atoms with Gasteiger partial charge in [0.2, 0.25) is 5.91 Å². The topological polar surface area (TPSA) is 78.3 Å². The predicted octanol–water partition coefficient (Wildman–Crippen LogP) is 0.985. The van der Waals surface area contributed by atoms with Gasteiger partial charge >= 0.3 is 0 Å². The maximum Gasteiger partial charge on any atom is 0.241 e. The Morgan fingerprint density at radius 3 is 2.68 bits per heavy atom. The average molecular weight is 384 g/mol. The molecular weight excluding hydrogens is 354 g/mol. The number of rotatable bonds is 5. The fraction of sp³-hybridized carbons (Fsp3) is 0.550. The minimum atomic E-state index is -0.169. The number of pyridine rings is 1. The summed E-state index contributed by atoms with van der Waals surface area (Å²) in [6, 6.07) is 5.99. The lowest BCUT2D eigenvalue weighted by molar-refractivity contribution is -0.133. The highest BCUT2D eigenvalue weighted by Gasteiger charge is 2.34. The van der Waals surface area contributed by atoms with E-state index in [9.17, 15) is 4.79 Å². The number of carbonyl (C=O) groups is 1. The highest BCUT2D eigenvalue weighted by Crippen LogP contribution is 2.17. The number of amides is 1. The van der Waals surface area contributed by atoms with Crippen LogP contribution in [0.2, 0.25) is 0 Å². The number of carbonyl (C=O) groups excluding carboxylic acids is 1. The standard InChI is InChI=1S/C20H29N7O/c1-15(2)19-22-7-8-27(19)14-16-13-17(24-23-16)20(28)26-11-9-25(10-12-26)18-5-3-4-6-21-18/h3-8,15-17,23-24H,9-14H2,1-2H3. The van der Waals surface area contributed by atoms with Crippen molar-refractivity contribution in [1.29, 1.82) is 0 Å². The molecule has 0 aromatic carbocycles. The van der Waals surface area contributed by atoms with E-state index < -0.39 is 0 Å². The van der Waals surface area contributed by atoms with Crippen molar-refractivity contribution in [3.8, 4) is 0 Å². The highest BCUT2D eigenvalue weighted by atomic mass is 16.2. The van der Waals surface area contributed by atoms with Crippen molar-refractivity contribution in [3.05, 3.63) is 42.6 Å². The van der Waals surface area contributed by atoms with Crippen molar-refractivity contribution in [2.45, 2.75) is 44.8 Å². The molecule has 2 saturated heterocycles.